The topological polar surface area (TPSA) is 67.1 Å². The van der Waals surface area contributed by atoms with Crippen LogP contribution in [0.2, 0.25) is 5.02 Å². The first-order chi connectivity index (χ1) is 13.1. The minimum absolute atomic E-state index is 0. The van der Waals surface area contributed by atoms with Gasteiger partial charge in [0.2, 0.25) is 0 Å². The number of hydrogen-bond acceptors (Lipinski definition) is 3. The van der Waals surface area contributed by atoms with Crippen molar-refractivity contribution in [3.8, 4) is 0 Å². The molecule has 0 unspecified atom stereocenters. The molecule has 3 rings (SSSR count). The number of benzene rings is 1. The van der Waals surface area contributed by atoms with Crippen molar-refractivity contribution in [2.75, 3.05) is 13.1 Å². The highest BCUT2D eigenvalue weighted by Gasteiger charge is 2.34. The standard InChI is InChI=1S/C20H29ClN6.HI/c1-3-22-19(23-13-18-25-15-26-27(18)2)24-14-20(11-5-4-6-12-20)16-7-9-17(21)10-8-16;/h7-10,15H,3-6,11-14H2,1-2H3,(H2,22,23,24);1H. The van der Waals surface area contributed by atoms with Crippen molar-refractivity contribution >= 4 is 41.5 Å². The van der Waals surface area contributed by atoms with Crippen LogP contribution in [0.25, 0.3) is 0 Å². The Morgan fingerprint density at radius 2 is 1.89 bits per heavy atom. The normalized spacial score (nSPS) is 16.3. The van der Waals surface area contributed by atoms with E-state index in [1.807, 2.05) is 19.2 Å². The molecule has 0 radical (unpaired) electrons. The van der Waals surface area contributed by atoms with Crippen LogP contribution in [0.4, 0.5) is 0 Å². The number of hydrogen-bond donors (Lipinski definition) is 2. The van der Waals surface area contributed by atoms with Gasteiger partial charge in [0, 0.05) is 30.6 Å². The lowest BCUT2D eigenvalue weighted by atomic mass is 9.69. The molecule has 0 spiro atoms. The summed E-state index contributed by atoms with van der Waals surface area (Å²) in [6.45, 7) is 4.26. The van der Waals surface area contributed by atoms with Gasteiger partial charge in [0.1, 0.15) is 18.7 Å². The maximum Gasteiger partial charge on any atom is 0.191 e. The van der Waals surface area contributed by atoms with Gasteiger partial charge in [-0.25, -0.2) is 9.98 Å². The van der Waals surface area contributed by atoms with Gasteiger partial charge in [-0.15, -0.1) is 24.0 Å². The van der Waals surface area contributed by atoms with E-state index in [1.165, 1.54) is 37.7 Å². The van der Waals surface area contributed by atoms with Gasteiger partial charge in [-0.2, -0.15) is 5.10 Å². The van der Waals surface area contributed by atoms with Crippen LogP contribution in [-0.4, -0.2) is 33.8 Å². The van der Waals surface area contributed by atoms with Gasteiger partial charge in [0.05, 0.1) is 0 Å². The molecule has 1 aliphatic rings. The predicted molar refractivity (Wildman–Crippen MR) is 125 cm³/mol. The Labute approximate surface area is 189 Å². The van der Waals surface area contributed by atoms with Crippen LogP contribution in [0.15, 0.2) is 35.6 Å². The molecular weight excluding hydrogens is 487 g/mol. The largest absolute Gasteiger partial charge is 0.357 e. The van der Waals surface area contributed by atoms with Crippen molar-refractivity contribution in [3.63, 3.8) is 0 Å². The summed E-state index contributed by atoms with van der Waals surface area (Å²) in [5.41, 5.74) is 1.49. The molecule has 1 aromatic heterocycles. The van der Waals surface area contributed by atoms with E-state index in [2.05, 4.69) is 39.8 Å². The number of guanidine groups is 1. The third kappa shape index (κ3) is 5.83. The molecule has 0 bridgehead atoms. The number of rotatable bonds is 6. The molecule has 0 aliphatic heterocycles. The van der Waals surface area contributed by atoms with E-state index < -0.39 is 0 Å². The zero-order valence-corrected chi connectivity index (χ0v) is 19.7. The SMILES string of the molecule is CCNC(=NCc1ncnn1C)NCC1(c2ccc(Cl)cc2)CCCCC1.I. The third-order valence-electron chi connectivity index (χ3n) is 5.39. The van der Waals surface area contributed by atoms with E-state index in [4.69, 9.17) is 16.6 Å². The molecule has 1 fully saturated rings. The molecule has 28 heavy (non-hydrogen) atoms. The summed E-state index contributed by atoms with van der Waals surface area (Å²) in [4.78, 5) is 8.93. The smallest absolute Gasteiger partial charge is 0.191 e. The van der Waals surface area contributed by atoms with Crippen molar-refractivity contribution in [2.24, 2.45) is 12.0 Å². The molecule has 0 amide bonds. The van der Waals surface area contributed by atoms with E-state index in [0.29, 0.717) is 6.54 Å². The summed E-state index contributed by atoms with van der Waals surface area (Å²) in [7, 11) is 1.88. The molecule has 1 heterocycles. The number of halogens is 2. The second-order valence-corrected chi connectivity index (χ2v) is 7.63. The van der Waals surface area contributed by atoms with Crippen molar-refractivity contribution < 1.29 is 0 Å². The lowest BCUT2D eigenvalue weighted by Gasteiger charge is -2.38. The van der Waals surface area contributed by atoms with E-state index in [9.17, 15) is 0 Å². The van der Waals surface area contributed by atoms with Crippen molar-refractivity contribution in [1.29, 1.82) is 0 Å². The van der Waals surface area contributed by atoms with Crippen LogP contribution in [-0.2, 0) is 19.0 Å². The van der Waals surface area contributed by atoms with Crippen LogP contribution < -0.4 is 10.6 Å². The summed E-state index contributed by atoms with van der Waals surface area (Å²) in [6.07, 6.45) is 7.76. The van der Waals surface area contributed by atoms with E-state index >= 15 is 0 Å². The van der Waals surface area contributed by atoms with E-state index in [1.54, 1.807) is 11.0 Å². The highest BCUT2D eigenvalue weighted by molar-refractivity contribution is 14.0. The van der Waals surface area contributed by atoms with Crippen LogP contribution >= 0.6 is 35.6 Å². The van der Waals surface area contributed by atoms with Gasteiger partial charge >= 0.3 is 0 Å². The van der Waals surface area contributed by atoms with Gasteiger partial charge in [0.25, 0.3) is 0 Å². The highest BCUT2D eigenvalue weighted by Crippen LogP contribution is 2.39. The predicted octanol–water partition coefficient (Wildman–Crippen LogP) is 4.04. The van der Waals surface area contributed by atoms with E-state index in [0.717, 1.165) is 29.9 Å². The lowest BCUT2D eigenvalue weighted by Crippen LogP contribution is -2.46. The van der Waals surface area contributed by atoms with Crippen molar-refractivity contribution in [3.05, 3.63) is 47.0 Å². The van der Waals surface area contributed by atoms with Gasteiger partial charge in [-0.3, -0.25) is 4.68 Å². The first-order valence-electron chi connectivity index (χ1n) is 9.74. The molecule has 1 aromatic carbocycles. The maximum atomic E-state index is 6.11. The van der Waals surface area contributed by atoms with Gasteiger partial charge in [-0.1, -0.05) is 43.0 Å². The second-order valence-electron chi connectivity index (χ2n) is 7.20. The quantitative estimate of drug-likeness (QED) is 0.345. The first-order valence-corrected chi connectivity index (χ1v) is 10.1. The van der Waals surface area contributed by atoms with Gasteiger partial charge in [-0.05, 0) is 37.5 Å². The number of nitrogens with zero attached hydrogens (tertiary/aromatic N) is 4. The molecule has 8 heteroatoms. The average molecular weight is 517 g/mol. The monoisotopic (exact) mass is 516 g/mol. The summed E-state index contributed by atoms with van der Waals surface area (Å²) < 4.78 is 1.75. The van der Waals surface area contributed by atoms with Crippen LogP contribution in [0.5, 0.6) is 0 Å². The Bertz CT molecular complexity index is 752. The maximum absolute atomic E-state index is 6.11. The highest BCUT2D eigenvalue weighted by atomic mass is 127. The first kappa shape index (κ1) is 22.9. The summed E-state index contributed by atoms with van der Waals surface area (Å²) in [5, 5.41) is 11.8. The Hall–Kier alpha value is -1.35. The second kappa shape index (κ2) is 11.0. The Kier molecular flexibility index (Phi) is 9.01. The minimum atomic E-state index is 0. The van der Waals surface area contributed by atoms with Crippen LogP contribution in [0.3, 0.4) is 0 Å². The molecule has 154 valence electrons. The zero-order chi connectivity index (χ0) is 19.1. The van der Waals surface area contributed by atoms with Gasteiger partial charge in [0.15, 0.2) is 5.96 Å². The third-order valence-corrected chi connectivity index (χ3v) is 5.64. The molecule has 1 aliphatic carbocycles. The molecule has 1 saturated carbocycles. The molecule has 2 N–H and O–H groups in total. The zero-order valence-electron chi connectivity index (χ0n) is 16.6. The number of aromatic nitrogens is 3. The summed E-state index contributed by atoms with van der Waals surface area (Å²) >= 11 is 6.11. The Balaban J connectivity index is 0.00000280. The minimum Gasteiger partial charge on any atom is -0.357 e. The molecule has 0 saturated heterocycles. The number of nitrogens with one attached hydrogen (secondary N) is 2. The molecule has 6 nitrogen and oxygen atoms in total. The average Bonchev–Trinajstić information content (AvgIpc) is 3.10. The lowest BCUT2D eigenvalue weighted by molar-refractivity contribution is 0.291. The fraction of sp³-hybridized carbons (Fsp3) is 0.550. The fourth-order valence-corrected chi connectivity index (χ4v) is 3.93. The summed E-state index contributed by atoms with van der Waals surface area (Å²) in [5.74, 6) is 1.66. The number of aliphatic imine (C=N–C) groups is 1. The number of aryl methyl sites for hydroxylation is 1. The molecular formula is C20H30ClIN6. The molecule has 0 atom stereocenters. The van der Waals surface area contributed by atoms with Gasteiger partial charge < -0.3 is 10.6 Å². The Morgan fingerprint density at radius 3 is 2.50 bits per heavy atom. The van der Waals surface area contributed by atoms with Crippen molar-refractivity contribution in [1.82, 2.24) is 25.4 Å². The van der Waals surface area contributed by atoms with E-state index in [-0.39, 0.29) is 29.4 Å². The fourth-order valence-electron chi connectivity index (χ4n) is 3.81. The van der Waals surface area contributed by atoms with Crippen LogP contribution in [0.1, 0.15) is 50.4 Å². The van der Waals surface area contributed by atoms with Crippen LogP contribution in [0, 0.1) is 0 Å². The Morgan fingerprint density at radius 1 is 1.18 bits per heavy atom. The summed E-state index contributed by atoms with van der Waals surface area (Å²) in [6, 6.07) is 8.36. The molecule has 2 aromatic rings. The van der Waals surface area contributed by atoms with Crippen molar-refractivity contribution in [2.45, 2.75) is 51.0 Å².